The van der Waals surface area contributed by atoms with E-state index in [-0.39, 0.29) is 5.82 Å². The maximum Gasteiger partial charge on any atom is 0.123 e. The molecule has 3 heteroatoms. The summed E-state index contributed by atoms with van der Waals surface area (Å²) < 4.78 is 12.7. The number of benzene rings is 1. The summed E-state index contributed by atoms with van der Waals surface area (Å²) in [7, 11) is 2.18. The molecular formula is C14H21FN2. The number of halogens is 1. The quantitative estimate of drug-likeness (QED) is 0.789. The van der Waals surface area contributed by atoms with E-state index >= 15 is 0 Å². The third kappa shape index (κ3) is 4.10. The molecule has 1 fully saturated rings. The Balaban J connectivity index is 1.67. The van der Waals surface area contributed by atoms with Crippen LogP contribution < -0.4 is 0 Å². The van der Waals surface area contributed by atoms with Crippen molar-refractivity contribution in [1.82, 2.24) is 9.80 Å². The fraction of sp³-hybridized carbons (Fsp3) is 0.571. The number of hydrogen-bond acceptors (Lipinski definition) is 2. The van der Waals surface area contributed by atoms with Crippen LogP contribution in [0.15, 0.2) is 24.3 Å². The molecule has 0 aliphatic carbocycles. The van der Waals surface area contributed by atoms with Gasteiger partial charge < -0.3 is 9.80 Å². The number of nitrogens with zero attached hydrogens (tertiary/aromatic N) is 2. The first-order valence-electron chi connectivity index (χ1n) is 6.39. The lowest BCUT2D eigenvalue weighted by Crippen LogP contribution is -2.44. The number of rotatable bonds is 4. The Morgan fingerprint density at radius 2 is 1.71 bits per heavy atom. The van der Waals surface area contributed by atoms with E-state index in [1.54, 1.807) is 12.1 Å². The van der Waals surface area contributed by atoms with Gasteiger partial charge in [-0.3, -0.25) is 0 Å². The second kappa shape index (κ2) is 6.12. The lowest BCUT2D eigenvalue weighted by Gasteiger charge is -2.32. The van der Waals surface area contributed by atoms with Gasteiger partial charge in [-0.15, -0.1) is 0 Å². The fourth-order valence-electron chi connectivity index (χ4n) is 2.23. The standard InChI is InChI=1S/C14H21FN2/c1-16-9-11-17(12-10-16)8-2-3-13-4-6-14(15)7-5-13/h4-7H,2-3,8-12H2,1H3. The van der Waals surface area contributed by atoms with Gasteiger partial charge in [-0.2, -0.15) is 0 Å². The van der Waals surface area contributed by atoms with Crippen LogP contribution in [-0.2, 0) is 6.42 Å². The maximum atomic E-state index is 12.7. The number of aryl methyl sites for hydroxylation is 1. The summed E-state index contributed by atoms with van der Waals surface area (Å²) in [6.45, 7) is 5.87. The summed E-state index contributed by atoms with van der Waals surface area (Å²) in [5.74, 6) is -0.146. The predicted octanol–water partition coefficient (Wildman–Crippen LogP) is 2.01. The molecule has 1 saturated heterocycles. The molecule has 0 aromatic heterocycles. The third-order valence-corrected chi connectivity index (χ3v) is 3.45. The van der Waals surface area contributed by atoms with Gasteiger partial charge in [-0.1, -0.05) is 12.1 Å². The largest absolute Gasteiger partial charge is 0.304 e. The van der Waals surface area contributed by atoms with Crippen LogP contribution in [-0.4, -0.2) is 49.6 Å². The Bertz CT molecular complexity index is 329. The van der Waals surface area contributed by atoms with E-state index in [9.17, 15) is 4.39 Å². The van der Waals surface area contributed by atoms with Crippen molar-refractivity contribution in [2.24, 2.45) is 0 Å². The Hall–Kier alpha value is -0.930. The van der Waals surface area contributed by atoms with Gasteiger partial charge in [0.25, 0.3) is 0 Å². The van der Waals surface area contributed by atoms with Crippen LogP contribution in [0.1, 0.15) is 12.0 Å². The zero-order chi connectivity index (χ0) is 12.1. The molecule has 0 radical (unpaired) electrons. The molecule has 0 saturated carbocycles. The minimum Gasteiger partial charge on any atom is -0.304 e. The molecule has 2 rings (SSSR count). The van der Waals surface area contributed by atoms with Crippen LogP contribution in [0.5, 0.6) is 0 Å². The first kappa shape index (κ1) is 12.5. The van der Waals surface area contributed by atoms with Gasteiger partial charge in [0.2, 0.25) is 0 Å². The topological polar surface area (TPSA) is 6.48 Å². The highest BCUT2D eigenvalue weighted by Gasteiger charge is 2.12. The van der Waals surface area contributed by atoms with Crippen molar-refractivity contribution >= 4 is 0 Å². The van der Waals surface area contributed by atoms with Gasteiger partial charge in [-0.05, 0) is 44.1 Å². The van der Waals surface area contributed by atoms with Crippen molar-refractivity contribution in [3.8, 4) is 0 Å². The number of piperazine rings is 1. The molecule has 0 amide bonds. The van der Waals surface area contributed by atoms with Crippen LogP contribution >= 0.6 is 0 Å². The zero-order valence-corrected chi connectivity index (χ0v) is 10.5. The van der Waals surface area contributed by atoms with Crippen LogP contribution in [0.3, 0.4) is 0 Å². The smallest absolute Gasteiger partial charge is 0.123 e. The van der Waals surface area contributed by atoms with Crippen molar-refractivity contribution in [1.29, 1.82) is 0 Å². The van der Waals surface area contributed by atoms with E-state index in [0.29, 0.717) is 0 Å². The Kier molecular flexibility index (Phi) is 4.51. The Morgan fingerprint density at radius 3 is 2.35 bits per heavy atom. The average molecular weight is 236 g/mol. The molecular weight excluding hydrogens is 215 g/mol. The second-order valence-electron chi connectivity index (χ2n) is 4.87. The van der Waals surface area contributed by atoms with Crippen molar-refractivity contribution < 1.29 is 4.39 Å². The third-order valence-electron chi connectivity index (χ3n) is 3.45. The van der Waals surface area contributed by atoms with Crippen LogP contribution in [0.2, 0.25) is 0 Å². The van der Waals surface area contributed by atoms with Gasteiger partial charge in [0.1, 0.15) is 5.82 Å². The van der Waals surface area contributed by atoms with Gasteiger partial charge in [0.05, 0.1) is 0 Å². The Labute approximate surface area is 103 Å². The minimum absolute atomic E-state index is 0.146. The highest BCUT2D eigenvalue weighted by molar-refractivity contribution is 5.15. The fourth-order valence-corrected chi connectivity index (χ4v) is 2.23. The Morgan fingerprint density at radius 1 is 1.06 bits per heavy atom. The molecule has 1 aromatic rings. The highest BCUT2D eigenvalue weighted by atomic mass is 19.1. The normalized spacial score (nSPS) is 18.5. The summed E-state index contributed by atoms with van der Waals surface area (Å²) in [6.07, 6.45) is 2.21. The summed E-state index contributed by atoms with van der Waals surface area (Å²) in [4.78, 5) is 4.89. The van der Waals surface area contributed by atoms with E-state index in [0.717, 1.165) is 19.4 Å². The van der Waals surface area contributed by atoms with Gasteiger partial charge in [-0.25, -0.2) is 4.39 Å². The van der Waals surface area contributed by atoms with Crippen molar-refractivity contribution in [2.45, 2.75) is 12.8 Å². The van der Waals surface area contributed by atoms with Crippen LogP contribution in [0.25, 0.3) is 0 Å². The minimum atomic E-state index is -0.146. The molecule has 0 atom stereocenters. The monoisotopic (exact) mass is 236 g/mol. The van der Waals surface area contributed by atoms with E-state index in [1.807, 2.05) is 12.1 Å². The molecule has 0 bridgehead atoms. The summed E-state index contributed by atoms with van der Waals surface area (Å²) in [5, 5.41) is 0. The molecule has 0 spiro atoms. The summed E-state index contributed by atoms with van der Waals surface area (Å²) in [5.41, 5.74) is 1.24. The molecule has 1 aliphatic rings. The molecule has 1 heterocycles. The molecule has 17 heavy (non-hydrogen) atoms. The van der Waals surface area contributed by atoms with E-state index in [2.05, 4.69) is 16.8 Å². The number of likely N-dealkylation sites (N-methyl/N-ethyl adjacent to an activating group) is 1. The SMILES string of the molecule is CN1CCN(CCCc2ccc(F)cc2)CC1. The first-order valence-corrected chi connectivity index (χ1v) is 6.39. The lowest BCUT2D eigenvalue weighted by atomic mass is 10.1. The van der Waals surface area contributed by atoms with E-state index < -0.39 is 0 Å². The maximum absolute atomic E-state index is 12.7. The highest BCUT2D eigenvalue weighted by Crippen LogP contribution is 2.07. The summed E-state index contributed by atoms with van der Waals surface area (Å²) in [6, 6.07) is 6.87. The second-order valence-corrected chi connectivity index (χ2v) is 4.87. The van der Waals surface area contributed by atoms with Gasteiger partial charge in [0.15, 0.2) is 0 Å². The van der Waals surface area contributed by atoms with Crippen molar-refractivity contribution in [3.05, 3.63) is 35.6 Å². The van der Waals surface area contributed by atoms with Crippen molar-refractivity contribution in [2.75, 3.05) is 39.8 Å². The molecule has 0 unspecified atom stereocenters. The first-order chi connectivity index (χ1) is 8.24. The average Bonchev–Trinajstić information content (AvgIpc) is 2.34. The van der Waals surface area contributed by atoms with Gasteiger partial charge >= 0.3 is 0 Å². The van der Waals surface area contributed by atoms with E-state index in [1.165, 1.54) is 31.7 Å². The van der Waals surface area contributed by atoms with Crippen molar-refractivity contribution in [3.63, 3.8) is 0 Å². The predicted molar refractivity (Wildman–Crippen MR) is 68.7 cm³/mol. The summed E-state index contributed by atoms with van der Waals surface area (Å²) >= 11 is 0. The molecule has 1 aliphatic heterocycles. The molecule has 0 N–H and O–H groups in total. The molecule has 2 nitrogen and oxygen atoms in total. The number of hydrogen-bond donors (Lipinski definition) is 0. The van der Waals surface area contributed by atoms with Crippen LogP contribution in [0.4, 0.5) is 4.39 Å². The molecule has 94 valence electrons. The zero-order valence-electron chi connectivity index (χ0n) is 10.5. The van der Waals surface area contributed by atoms with Crippen LogP contribution in [0, 0.1) is 5.82 Å². The van der Waals surface area contributed by atoms with E-state index in [4.69, 9.17) is 0 Å². The molecule has 1 aromatic carbocycles. The lowest BCUT2D eigenvalue weighted by molar-refractivity contribution is 0.153. The van der Waals surface area contributed by atoms with Gasteiger partial charge in [0, 0.05) is 26.2 Å².